The van der Waals surface area contributed by atoms with Gasteiger partial charge in [0.25, 0.3) is 0 Å². The molecule has 0 rings (SSSR count). The molecule has 0 fully saturated rings. The maximum atomic E-state index is 4.27. The molecule has 0 aliphatic heterocycles. The summed E-state index contributed by atoms with van der Waals surface area (Å²) in [5, 5.41) is 0. The van der Waals surface area contributed by atoms with Crippen molar-refractivity contribution in [2.45, 2.75) is 53.9 Å². The molecular formula is C13H26. The Morgan fingerprint density at radius 3 is 1.77 bits per heavy atom. The van der Waals surface area contributed by atoms with Gasteiger partial charge in [-0.25, -0.2) is 0 Å². The monoisotopic (exact) mass is 182 g/mol. The maximum absolute atomic E-state index is 4.27. The Morgan fingerprint density at radius 1 is 1.00 bits per heavy atom. The fourth-order valence-electron chi connectivity index (χ4n) is 1.90. The van der Waals surface area contributed by atoms with Crippen molar-refractivity contribution in [3.8, 4) is 0 Å². The van der Waals surface area contributed by atoms with Crippen LogP contribution in [0.3, 0.4) is 0 Å². The van der Waals surface area contributed by atoms with Crippen molar-refractivity contribution >= 4 is 0 Å². The topological polar surface area (TPSA) is 0 Å². The van der Waals surface area contributed by atoms with E-state index in [4.69, 9.17) is 0 Å². The van der Waals surface area contributed by atoms with Crippen LogP contribution < -0.4 is 0 Å². The van der Waals surface area contributed by atoms with E-state index in [0.29, 0.717) is 5.92 Å². The summed E-state index contributed by atoms with van der Waals surface area (Å²) in [7, 11) is 0. The molecule has 0 heterocycles. The van der Waals surface area contributed by atoms with Gasteiger partial charge in [0.1, 0.15) is 0 Å². The Morgan fingerprint density at radius 2 is 1.46 bits per heavy atom. The first-order chi connectivity index (χ1) is 6.08. The average Bonchev–Trinajstić information content (AvgIpc) is 2.17. The molecule has 78 valence electrons. The lowest BCUT2D eigenvalue weighted by molar-refractivity contribution is 0.381. The van der Waals surface area contributed by atoms with Gasteiger partial charge in [0, 0.05) is 0 Å². The summed E-state index contributed by atoms with van der Waals surface area (Å²) >= 11 is 0. The van der Waals surface area contributed by atoms with Crippen LogP contribution in [0, 0.1) is 17.8 Å². The van der Waals surface area contributed by atoms with Gasteiger partial charge in [0.05, 0.1) is 0 Å². The van der Waals surface area contributed by atoms with E-state index >= 15 is 0 Å². The number of rotatable bonds is 6. The highest BCUT2D eigenvalue weighted by molar-refractivity contribution is 5.05. The minimum Gasteiger partial charge on any atom is -0.0993 e. The Bertz CT molecular complexity index is 142. The molecule has 0 heteroatoms. The normalized spacial score (nSPS) is 15.8. The molecule has 0 saturated carbocycles. The lowest BCUT2D eigenvalue weighted by Gasteiger charge is -2.26. The van der Waals surface area contributed by atoms with Gasteiger partial charge < -0.3 is 0 Å². The van der Waals surface area contributed by atoms with Crippen LogP contribution >= 0.6 is 0 Å². The first-order valence-electron chi connectivity index (χ1n) is 5.77. The second-order valence-corrected chi connectivity index (χ2v) is 4.26. The third kappa shape index (κ3) is 3.54. The van der Waals surface area contributed by atoms with E-state index in [1.807, 2.05) is 0 Å². The Hall–Kier alpha value is -0.260. The second kappa shape index (κ2) is 6.23. The van der Waals surface area contributed by atoms with Gasteiger partial charge in [-0.15, -0.1) is 0 Å². The summed E-state index contributed by atoms with van der Waals surface area (Å²) in [5.41, 5.74) is 1.47. The molecule has 0 aromatic carbocycles. The molecule has 0 amide bonds. The van der Waals surface area contributed by atoms with Crippen LogP contribution in [0.2, 0.25) is 0 Å². The molecule has 2 atom stereocenters. The zero-order valence-electron chi connectivity index (χ0n) is 10.1. The standard InChI is InChI=1S/C13H26/c1-7-10(4)11(5)12(6)13(8-2)9-3/h10-11,13H,6-9H2,1-5H3. The van der Waals surface area contributed by atoms with Crippen LogP contribution in [0.5, 0.6) is 0 Å². The molecule has 0 aliphatic rings. The van der Waals surface area contributed by atoms with E-state index in [2.05, 4.69) is 41.2 Å². The smallest absolute Gasteiger partial charge is 0.0206 e. The molecule has 0 nitrogen and oxygen atoms in total. The van der Waals surface area contributed by atoms with Crippen molar-refractivity contribution in [3.63, 3.8) is 0 Å². The second-order valence-electron chi connectivity index (χ2n) is 4.26. The van der Waals surface area contributed by atoms with Crippen LogP contribution in [0.15, 0.2) is 12.2 Å². The molecular weight excluding hydrogens is 156 g/mol. The van der Waals surface area contributed by atoms with Crippen molar-refractivity contribution in [2.24, 2.45) is 17.8 Å². The van der Waals surface area contributed by atoms with Crippen molar-refractivity contribution in [2.75, 3.05) is 0 Å². The highest BCUT2D eigenvalue weighted by Crippen LogP contribution is 2.30. The van der Waals surface area contributed by atoms with Crippen molar-refractivity contribution in [3.05, 3.63) is 12.2 Å². The third-order valence-electron chi connectivity index (χ3n) is 3.59. The average molecular weight is 182 g/mol. The maximum Gasteiger partial charge on any atom is -0.0206 e. The number of hydrogen-bond acceptors (Lipinski definition) is 0. The molecule has 13 heavy (non-hydrogen) atoms. The van der Waals surface area contributed by atoms with Crippen LogP contribution in [-0.2, 0) is 0 Å². The van der Waals surface area contributed by atoms with Gasteiger partial charge >= 0.3 is 0 Å². The van der Waals surface area contributed by atoms with Gasteiger partial charge in [-0.2, -0.15) is 0 Å². The molecule has 0 bridgehead atoms. The summed E-state index contributed by atoms with van der Waals surface area (Å²) in [6, 6.07) is 0. The SMILES string of the molecule is C=C(C(CC)CC)C(C)C(C)CC. The molecule has 0 aromatic heterocycles. The molecule has 0 aromatic rings. The van der Waals surface area contributed by atoms with Crippen molar-refractivity contribution < 1.29 is 0 Å². The Labute approximate surface area is 84.4 Å². The van der Waals surface area contributed by atoms with E-state index in [1.54, 1.807) is 0 Å². The quantitative estimate of drug-likeness (QED) is 0.524. The van der Waals surface area contributed by atoms with Crippen LogP contribution in [-0.4, -0.2) is 0 Å². The first-order valence-corrected chi connectivity index (χ1v) is 5.77. The number of allylic oxidation sites excluding steroid dienone is 1. The highest BCUT2D eigenvalue weighted by Gasteiger charge is 2.18. The molecule has 0 radical (unpaired) electrons. The lowest BCUT2D eigenvalue weighted by atomic mass is 9.79. The lowest BCUT2D eigenvalue weighted by Crippen LogP contribution is -2.15. The van der Waals surface area contributed by atoms with Crippen molar-refractivity contribution in [1.82, 2.24) is 0 Å². The van der Waals surface area contributed by atoms with E-state index < -0.39 is 0 Å². The predicted octanol–water partition coefficient (Wildman–Crippen LogP) is 4.66. The minimum atomic E-state index is 0.690. The fraction of sp³-hybridized carbons (Fsp3) is 0.846. The fourth-order valence-corrected chi connectivity index (χ4v) is 1.90. The van der Waals surface area contributed by atoms with Gasteiger partial charge in [0.15, 0.2) is 0 Å². The summed E-state index contributed by atoms with van der Waals surface area (Å²) in [6.07, 6.45) is 3.76. The largest absolute Gasteiger partial charge is 0.0993 e. The van der Waals surface area contributed by atoms with Crippen LogP contribution in [0.25, 0.3) is 0 Å². The molecule has 0 spiro atoms. The summed E-state index contributed by atoms with van der Waals surface area (Å²) in [4.78, 5) is 0. The van der Waals surface area contributed by atoms with Gasteiger partial charge in [-0.1, -0.05) is 53.2 Å². The van der Waals surface area contributed by atoms with Crippen LogP contribution in [0.4, 0.5) is 0 Å². The van der Waals surface area contributed by atoms with Crippen molar-refractivity contribution in [1.29, 1.82) is 0 Å². The first kappa shape index (κ1) is 12.7. The molecule has 0 aliphatic carbocycles. The van der Waals surface area contributed by atoms with E-state index in [1.165, 1.54) is 24.8 Å². The molecule has 2 unspecified atom stereocenters. The number of hydrogen-bond donors (Lipinski definition) is 0. The Balaban J connectivity index is 4.22. The third-order valence-corrected chi connectivity index (χ3v) is 3.59. The van der Waals surface area contributed by atoms with Crippen LogP contribution in [0.1, 0.15) is 53.9 Å². The van der Waals surface area contributed by atoms with Gasteiger partial charge in [0.2, 0.25) is 0 Å². The molecule has 0 saturated heterocycles. The van der Waals surface area contributed by atoms with E-state index in [9.17, 15) is 0 Å². The van der Waals surface area contributed by atoms with Gasteiger partial charge in [-0.05, 0) is 30.6 Å². The predicted molar refractivity (Wildman–Crippen MR) is 61.8 cm³/mol. The van der Waals surface area contributed by atoms with E-state index in [0.717, 1.165) is 11.8 Å². The summed E-state index contributed by atoms with van der Waals surface area (Å²) in [6.45, 7) is 15.7. The zero-order valence-corrected chi connectivity index (χ0v) is 10.1. The van der Waals surface area contributed by atoms with Gasteiger partial charge in [-0.3, -0.25) is 0 Å². The van der Waals surface area contributed by atoms with E-state index in [-0.39, 0.29) is 0 Å². The highest BCUT2D eigenvalue weighted by atomic mass is 14.2. The zero-order chi connectivity index (χ0) is 10.4. The Kier molecular flexibility index (Phi) is 6.11. The summed E-state index contributed by atoms with van der Waals surface area (Å²) in [5.74, 6) is 2.21. The molecule has 0 N–H and O–H groups in total. The summed E-state index contributed by atoms with van der Waals surface area (Å²) < 4.78 is 0. The minimum absolute atomic E-state index is 0.690.